The summed E-state index contributed by atoms with van der Waals surface area (Å²) in [6.45, 7) is 6.13. The fourth-order valence-electron chi connectivity index (χ4n) is 3.28. The van der Waals surface area contributed by atoms with Crippen molar-refractivity contribution in [2.75, 3.05) is 13.6 Å². The van der Waals surface area contributed by atoms with Gasteiger partial charge in [0.15, 0.2) is 0 Å². The summed E-state index contributed by atoms with van der Waals surface area (Å²) < 4.78 is 11.0. The maximum absolute atomic E-state index is 12.8. The summed E-state index contributed by atoms with van der Waals surface area (Å²) in [5.74, 6) is 0.134. The van der Waals surface area contributed by atoms with E-state index < -0.39 is 5.60 Å². The van der Waals surface area contributed by atoms with Crippen molar-refractivity contribution in [3.05, 3.63) is 77.9 Å². The largest absolute Gasteiger partial charge is 0.444 e. The SMILES string of the molecule is CN(CCCc1cccc(OC(=O)c2cccc3ccccc23)c1)C(=O)OC(C)(C)C. The monoisotopic (exact) mass is 419 g/mol. The van der Waals surface area contributed by atoms with Crippen molar-refractivity contribution in [1.29, 1.82) is 0 Å². The number of esters is 1. The van der Waals surface area contributed by atoms with E-state index in [-0.39, 0.29) is 12.1 Å². The molecule has 0 aliphatic carbocycles. The standard InChI is InChI=1S/C26H29NO4/c1-26(2,3)31-25(29)27(4)17-9-11-19-10-7-14-21(18-19)30-24(28)23-16-8-13-20-12-5-6-15-22(20)23/h5-8,10,12-16,18H,9,11,17H2,1-4H3. The summed E-state index contributed by atoms with van der Waals surface area (Å²) in [7, 11) is 1.73. The average Bonchev–Trinajstić information content (AvgIpc) is 2.72. The Morgan fingerprint density at radius 1 is 0.935 bits per heavy atom. The fraction of sp³-hybridized carbons (Fsp3) is 0.308. The van der Waals surface area contributed by atoms with Gasteiger partial charge in [0.1, 0.15) is 11.4 Å². The third-order valence-corrected chi connectivity index (χ3v) is 4.78. The van der Waals surface area contributed by atoms with Crippen molar-refractivity contribution in [2.24, 2.45) is 0 Å². The van der Waals surface area contributed by atoms with E-state index in [0.717, 1.165) is 29.2 Å². The topological polar surface area (TPSA) is 55.8 Å². The first-order valence-electron chi connectivity index (χ1n) is 10.5. The smallest absolute Gasteiger partial charge is 0.410 e. The summed E-state index contributed by atoms with van der Waals surface area (Å²) in [6.07, 6.45) is 1.20. The lowest BCUT2D eigenvalue weighted by Crippen LogP contribution is -2.34. The first-order chi connectivity index (χ1) is 14.7. The van der Waals surface area contributed by atoms with Crippen LogP contribution in [0.2, 0.25) is 0 Å². The van der Waals surface area contributed by atoms with Crippen LogP contribution in [0.15, 0.2) is 66.7 Å². The minimum absolute atomic E-state index is 0.328. The van der Waals surface area contributed by atoms with Gasteiger partial charge in [-0.25, -0.2) is 9.59 Å². The molecule has 0 N–H and O–H groups in total. The quantitative estimate of drug-likeness (QED) is 0.371. The van der Waals surface area contributed by atoms with E-state index in [4.69, 9.17) is 9.47 Å². The molecule has 3 aromatic carbocycles. The Hall–Kier alpha value is -3.34. The molecule has 0 saturated carbocycles. The molecule has 0 atom stereocenters. The van der Waals surface area contributed by atoms with Crippen molar-refractivity contribution in [3.8, 4) is 5.75 Å². The minimum Gasteiger partial charge on any atom is -0.444 e. The minimum atomic E-state index is -0.506. The molecule has 3 aromatic rings. The van der Waals surface area contributed by atoms with Gasteiger partial charge in [0.05, 0.1) is 5.56 Å². The molecular formula is C26H29NO4. The molecule has 5 nitrogen and oxygen atoms in total. The highest BCUT2D eigenvalue weighted by Crippen LogP contribution is 2.22. The van der Waals surface area contributed by atoms with Gasteiger partial charge in [-0.2, -0.15) is 0 Å². The zero-order valence-corrected chi connectivity index (χ0v) is 18.6. The van der Waals surface area contributed by atoms with Crippen LogP contribution in [-0.4, -0.2) is 36.2 Å². The number of hydrogen-bond acceptors (Lipinski definition) is 4. The third-order valence-electron chi connectivity index (χ3n) is 4.78. The van der Waals surface area contributed by atoms with Gasteiger partial charge in [0.25, 0.3) is 0 Å². The number of carbonyl (C=O) groups excluding carboxylic acids is 2. The molecule has 3 rings (SSSR count). The molecule has 5 heteroatoms. The first kappa shape index (κ1) is 22.3. The molecule has 162 valence electrons. The van der Waals surface area contributed by atoms with Gasteiger partial charge in [-0.15, -0.1) is 0 Å². The van der Waals surface area contributed by atoms with Gasteiger partial charge in [-0.1, -0.05) is 48.5 Å². The molecule has 0 saturated heterocycles. The second kappa shape index (κ2) is 9.65. The van der Waals surface area contributed by atoms with E-state index in [2.05, 4.69) is 0 Å². The maximum atomic E-state index is 12.8. The highest BCUT2D eigenvalue weighted by molar-refractivity contribution is 6.05. The Bertz CT molecular complexity index is 1060. The summed E-state index contributed by atoms with van der Waals surface area (Å²) >= 11 is 0. The number of benzene rings is 3. The average molecular weight is 420 g/mol. The van der Waals surface area contributed by atoms with Crippen LogP contribution in [0.1, 0.15) is 43.1 Å². The maximum Gasteiger partial charge on any atom is 0.410 e. The molecular weight excluding hydrogens is 390 g/mol. The van der Waals surface area contributed by atoms with E-state index in [1.165, 1.54) is 0 Å². The van der Waals surface area contributed by atoms with Gasteiger partial charge in [0, 0.05) is 13.6 Å². The third kappa shape index (κ3) is 6.32. The van der Waals surface area contributed by atoms with Crippen LogP contribution in [0.4, 0.5) is 4.79 Å². The van der Waals surface area contributed by atoms with Gasteiger partial charge >= 0.3 is 12.1 Å². The Balaban J connectivity index is 1.59. The first-order valence-corrected chi connectivity index (χ1v) is 10.5. The van der Waals surface area contributed by atoms with Crippen LogP contribution >= 0.6 is 0 Å². The van der Waals surface area contributed by atoms with E-state index in [9.17, 15) is 9.59 Å². The number of fused-ring (bicyclic) bond motifs is 1. The fourth-order valence-corrected chi connectivity index (χ4v) is 3.28. The summed E-state index contributed by atoms with van der Waals surface area (Å²) in [5, 5.41) is 1.87. The Morgan fingerprint density at radius 2 is 1.65 bits per heavy atom. The van der Waals surface area contributed by atoms with Crippen molar-refractivity contribution in [2.45, 2.75) is 39.2 Å². The van der Waals surface area contributed by atoms with Crippen molar-refractivity contribution < 1.29 is 19.1 Å². The van der Waals surface area contributed by atoms with Gasteiger partial charge < -0.3 is 14.4 Å². The van der Waals surface area contributed by atoms with Gasteiger partial charge in [0.2, 0.25) is 0 Å². The van der Waals surface area contributed by atoms with Crippen molar-refractivity contribution in [1.82, 2.24) is 4.90 Å². The number of aryl methyl sites for hydroxylation is 1. The zero-order chi connectivity index (χ0) is 22.4. The van der Waals surface area contributed by atoms with E-state index >= 15 is 0 Å². The van der Waals surface area contributed by atoms with Crippen LogP contribution in [0.5, 0.6) is 5.75 Å². The number of ether oxygens (including phenoxy) is 2. The lowest BCUT2D eigenvalue weighted by Gasteiger charge is -2.24. The van der Waals surface area contributed by atoms with Crippen LogP contribution in [0.3, 0.4) is 0 Å². The Labute approximate surface area is 183 Å². The molecule has 0 radical (unpaired) electrons. The molecule has 0 bridgehead atoms. The Morgan fingerprint density at radius 3 is 2.42 bits per heavy atom. The summed E-state index contributed by atoms with van der Waals surface area (Å²) in [5.41, 5.74) is 1.08. The number of amides is 1. The highest BCUT2D eigenvalue weighted by atomic mass is 16.6. The second-order valence-corrected chi connectivity index (χ2v) is 8.57. The van der Waals surface area contributed by atoms with Crippen LogP contribution in [0.25, 0.3) is 10.8 Å². The molecule has 0 fully saturated rings. The van der Waals surface area contributed by atoms with Crippen LogP contribution in [-0.2, 0) is 11.2 Å². The molecule has 0 heterocycles. The van der Waals surface area contributed by atoms with Crippen molar-refractivity contribution in [3.63, 3.8) is 0 Å². The van der Waals surface area contributed by atoms with E-state index in [0.29, 0.717) is 17.9 Å². The molecule has 1 amide bonds. The van der Waals surface area contributed by atoms with Crippen molar-refractivity contribution >= 4 is 22.8 Å². The molecule has 0 spiro atoms. The number of nitrogens with zero attached hydrogens (tertiary/aromatic N) is 1. The van der Waals surface area contributed by atoms with E-state index in [1.54, 1.807) is 24.1 Å². The Kier molecular flexibility index (Phi) is 6.95. The summed E-state index contributed by atoms with van der Waals surface area (Å²) in [6, 6.07) is 20.9. The highest BCUT2D eigenvalue weighted by Gasteiger charge is 2.19. The van der Waals surface area contributed by atoms with Gasteiger partial charge in [-0.05, 0) is 68.1 Å². The molecule has 0 aliphatic heterocycles. The molecule has 0 aromatic heterocycles. The number of rotatable bonds is 6. The lowest BCUT2D eigenvalue weighted by molar-refractivity contribution is 0.0297. The normalized spacial score (nSPS) is 11.2. The molecule has 0 aliphatic rings. The predicted molar refractivity (Wildman–Crippen MR) is 123 cm³/mol. The van der Waals surface area contributed by atoms with Gasteiger partial charge in [-0.3, -0.25) is 0 Å². The number of hydrogen-bond donors (Lipinski definition) is 0. The lowest BCUT2D eigenvalue weighted by atomic mass is 10.0. The van der Waals surface area contributed by atoms with Crippen LogP contribution < -0.4 is 4.74 Å². The molecule has 0 unspecified atom stereocenters. The number of carbonyl (C=O) groups is 2. The molecule has 31 heavy (non-hydrogen) atoms. The van der Waals surface area contributed by atoms with E-state index in [1.807, 2.05) is 75.4 Å². The predicted octanol–water partition coefficient (Wildman–Crippen LogP) is 5.86. The summed E-state index contributed by atoms with van der Waals surface area (Å²) in [4.78, 5) is 26.4. The zero-order valence-electron chi connectivity index (χ0n) is 18.6. The second-order valence-electron chi connectivity index (χ2n) is 8.57. The van der Waals surface area contributed by atoms with Crippen LogP contribution in [0, 0.1) is 0 Å².